The van der Waals surface area contributed by atoms with Crippen LogP contribution in [0.1, 0.15) is 84.5 Å². The molecule has 1 aliphatic heterocycles. The Morgan fingerprint density at radius 2 is 1.21 bits per heavy atom. The quantitative estimate of drug-likeness (QED) is 0.578. The molecule has 1 saturated carbocycles. The van der Waals surface area contributed by atoms with E-state index in [0.717, 1.165) is 0 Å². The predicted octanol–water partition coefficient (Wildman–Crippen LogP) is 5.25. The highest BCUT2D eigenvalue weighted by molar-refractivity contribution is 4.90. The van der Waals surface area contributed by atoms with Crippen LogP contribution in [0.2, 0.25) is 0 Å². The van der Waals surface area contributed by atoms with Crippen LogP contribution in [0.3, 0.4) is 0 Å². The Kier molecular flexibility index (Phi) is 5.34. The van der Waals surface area contributed by atoms with Crippen molar-refractivity contribution in [2.24, 2.45) is 10.8 Å². The fraction of sp³-hybridized carbons (Fsp3) is 1.00. The molecule has 1 spiro atoms. The molecule has 1 heterocycles. The van der Waals surface area contributed by atoms with Gasteiger partial charge < -0.3 is 4.90 Å². The molecule has 0 amide bonds. The molecule has 0 aromatic carbocycles. The highest BCUT2D eigenvalue weighted by Crippen LogP contribution is 2.47. The minimum absolute atomic E-state index is 0.570. The molecule has 2 aliphatic rings. The molecule has 1 heteroatoms. The molecule has 1 aliphatic carbocycles. The molecule has 112 valence electrons. The van der Waals surface area contributed by atoms with E-state index >= 15 is 0 Å². The van der Waals surface area contributed by atoms with Crippen LogP contribution >= 0.6 is 0 Å². The van der Waals surface area contributed by atoms with Crippen molar-refractivity contribution >= 4 is 0 Å². The second-order valence-electron chi connectivity index (χ2n) is 8.27. The molecule has 1 saturated heterocycles. The number of hydrogen-bond donors (Lipinski definition) is 0. The van der Waals surface area contributed by atoms with Crippen LogP contribution in [0.5, 0.6) is 0 Å². The van der Waals surface area contributed by atoms with Crippen LogP contribution in [0.25, 0.3) is 0 Å². The summed E-state index contributed by atoms with van der Waals surface area (Å²) < 4.78 is 0. The molecule has 1 nitrogen and oxygen atoms in total. The lowest BCUT2D eigenvalue weighted by Gasteiger charge is -2.45. The molecule has 19 heavy (non-hydrogen) atoms. The Bertz CT molecular complexity index is 261. The Morgan fingerprint density at radius 1 is 0.684 bits per heavy atom. The number of hydrogen-bond acceptors (Lipinski definition) is 1. The summed E-state index contributed by atoms with van der Waals surface area (Å²) in [6.45, 7) is 7.72. The van der Waals surface area contributed by atoms with Gasteiger partial charge in [0.25, 0.3) is 0 Å². The Labute approximate surface area is 121 Å². The first kappa shape index (κ1) is 15.4. The van der Waals surface area contributed by atoms with E-state index in [9.17, 15) is 0 Å². The smallest absolute Gasteiger partial charge is 0.00165 e. The van der Waals surface area contributed by atoms with Gasteiger partial charge in [-0.1, -0.05) is 52.4 Å². The van der Waals surface area contributed by atoms with E-state index in [1.54, 1.807) is 0 Å². The van der Waals surface area contributed by atoms with Gasteiger partial charge >= 0.3 is 0 Å². The van der Waals surface area contributed by atoms with Gasteiger partial charge in [-0.3, -0.25) is 0 Å². The molecule has 0 atom stereocenters. The van der Waals surface area contributed by atoms with Gasteiger partial charge in [0, 0.05) is 0 Å². The van der Waals surface area contributed by atoms with Crippen molar-refractivity contribution in [3.05, 3.63) is 0 Å². The zero-order valence-corrected chi connectivity index (χ0v) is 13.6. The Morgan fingerprint density at radius 3 is 1.84 bits per heavy atom. The summed E-state index contributed by atoms with van der Waals surface area (Å²) in [7, 11) is 2.29. The van der Waals surface area contributed by atoms with Gasteiger partial charge in [-0.05, 0) is 63.1 Å². The van der Waals surface area contributed by atoms with Gasteiger partial charge in [-0.2, -0.15) is 0 Å². The molecule has 0 aromatic rings. The third kappa shape index (κ3) is 4.77. The lowest BCUT2D eigenvalue weighted by atomic mass is 9.64. The van der Waals surface area contributed by atoms with Crippen molar-refractivity contribution in [1.82, 2.24) is 4.90 Å². The number of rotatable bonds is 0. The molecule has 0 aromatic heterocycles. The first-order valence-electron chi connectivity index (χ1n) is 8.70. The van der Waals surface area contributed by atoms with Crippen LogP contribution in [-0.4, -0.2) is 25.0 Å². The van der Waals surface area contributed by atoms with Crippen molar-refractivity contribution in [1.29, 1.82) is 0 Å². The lowest BCUT2D eigenvalue weighted by Crippen LogP contribution is -2.40. The molecule has 0 unspecified atom stereocenters. The van der Waals surface area contributed by atoms with Crippen LogP contribution < -0.4 is 0 Å². The van der Waals surface area contributed by atoms with Crippen LogP contribution in [0, 0.1) is 10.8 Å². The second kappa shape index (κ2) is 6.61. The third-order valence-electron chi connectivity index (χ3n) is 5.71. The van der Waals surface area contributed by atoms with Gasteiger partial charge in [0.05, 0.1) is 0 Å². The molecular formula is C18H35N. The highest BCUT2D eigenvalue weighted by Gasteiger charge is 2.37. The van der Waals surface area contributed by atoms with Gasteiger partial charge in [-0.15, -0.1) is 0 Å². The first-order valence-corrected chi connectivity index (χ1v) is 8.70. The Balaban J connectivity index is 2.03. The first-order chi connectivity index (χ1) is 9.02. The summed E-state index contributed by atoms with van der Waals surface area (Å²) in [5.41, 5.74) is 1.25. The number of nitrogens with zero attached hydrogens (tertiary/aromatic N) is 1. The van der Waals surface area contributed by atoms with Gasteiger partial charge in [0.15, 0.2) is 0 Å². The zero-order chi connectivity index (χ0) is 13.8. The van der Waals surface area contributed by atoms with Crippen molar-refractivity contribution in [2.45, 2.75) is 84.5 Å². The highest BCUT2D eigenvalue weighted by atomic mass is 15.1. The van der Waals surface area contributed by atoms with E-state index < -0.39 is 0 Å². The zero-order valence-electron chi connectivity index (χ0n) is 13.6. The minimum atomic E-state index is 0.570. The summed E-state index contributed by atoms with van der Waals surface area (Å²) in [5, 5.41) is 0. The topological polar surface area (TPSA) is 3.24 Å². The van der Waals surface area contributed by atoms with E-state index in [2.05, 4.69) is 25.8 Å². The minimum Gasteiger partial charge on any atom is -0.306 e. The standard InChI is InChI=1S/C18H35N/c1-17(2)10-8-6-4-5-7-9-11-18(16-17)12-14-19(3)15-13-18/h4-16H2,1-3H3. The SMILES string of the molecule is CN1CCC2(CCCCCCCCC(C)(C)C2)CC1. The monoisotopic (exact) mass is 265 g/mol. The summed E-state index contributed by atoms with van der Waals surface area (Å²) in [5.74, 6) is 0. The van der Waals surface area contributed by atoms with E-state index in [0.29, 0.717) is 10.8 Å². The van der Waals surface area contributed by atoms with Crippen molar-refractivity contribution in [3.8, 4) is 0 Å². The summed E-state index contributed by atoms with van der Waals surface area (Å²) in [6.07, 6.45) is 16.2. The van der Waals surface area contributed by atoms with Gasteiger partial charge in [0.1, 0.15) is 0 Å². The van der Waals surface area contributed by atoms with Crippen LogP contribution in [0.4, 0.5) is 0 Å². The molecule has 0 N–H and O–H groups in total. The lowest BCUT2D eigenvalue weighted by molar-refractivity contribution is 0.0552. The van der Waals surface area contributed by atoms with E-state index in [1.807, 2.05) is 0 Å². The summed E-state index contributed by atoms with van der Waals surface area (Å²) in [6, 6.07) is 0. The normalized spacial score (nSPS) is 29.8. The average Bonchev–Trinajstić information content (AvgIpc) is 2.38. The molecule has 2 rings (SSSR count). The van der Waals surface area contributed by atoms with Crippen molar-refractivity contribution in [2.75, 3.05) is 20.1 Å². The van der Waals surface area contributed by atoms with E-state index in [4.69, 9.17) is 0 Å². The van der Waals surface area contributed by atoms with E-state index in [1.165, 1.54) is 83.7 Å². The fourth-order valence-corrected chi connectivity index (χ4v) is 4.52. The summed E-state index contributed by atoms with van der Waals surface area (Å²) in [4.78, 5) is 2.53. The largest absolute Gasteiger partial charge is 0.306 e. The molecule has 0 bridgehead atoms. The van der Waals surface area contributed by atoms with E-state index in [-0.39, 0.29) is 0 Å². The molecular weight excluding hydrogens is 230 g/mol. The maximum absolute atomic E-state index is 2.53. The fourth-order valence-electron chi connectivity index (χ4n) is 4.52. The van der Waals surface area contributed by atoms with Crippen LogP contribution in [0.15, 0.2) is 0 Å². The second-order valence-corrected chi connectivity index (χ2v) is 8.27. The Hall–Kier alpha value is -0.0400. The number of piperidine rings is 1. The number of likely N-dealkylation sites (tertiary alicyclic amines) is 1. The third-order valence-corrected chi connectivity index (χ3v) is 5.71. The average molecular weight is 265 g/mol. The van der Waals surface area contributed by atoms with Crippen molar-refractivity contribution < 1.29 is 0 Å². The predicted molar refractivity (Wildman–Crippen MR) is 84.5 cm³/mol. The van der Waals surface area contributed by atoms with Gasteiger partial charge in [-0.25, -0.2) is 0 Å². The maximum Gasteiger partial charge on any atom is -0.00165 e. The molecule has 2 fully saturated rings. The van der Waals surface area contributed by atoms with Gasteiger partial charge in [0.2, 0.25) is 0 Å². The van der Waals surface area contributed by atoms with Crippen molar-refractivity contribution in [3.63, 3.8) is 0 Å². The van der Waals surface area contributed by atoms with Crippen LogP contribution in [-0.2, 0) is 0 Å². The molecule has 0 radical (unpaired) electrons. The maximum atomic E-state index is 2.53. The summed E-state index contributed by atoms with van der Waals surface area (Å²) >= 11 is 0.